The second-order valence-electron chi connectivity index (χ2n) is 10.6. The summed E-state index contributed by atoms with van der Waals surface area (Å²) < 4.78 is 1.66. The van der Waals surface area contributed by atoms with E-state index in [1.807, 2.05) is 25.1 Å². The molecule has 0 spiro atoms. The van der Waals surface area contributed by atoms with Crippen LogP contribution in [0.25, 0.3) is 11.3 Å². The van der Waals surface area contributed by atoms with Crippen molar-refractivity contribution in [2.24, 2.45) is 11.3 Å². The molecule has 178 valence electrons. The van der Waals surface area contributed by atoms with E-state index >= 15 is 0 Å². The van der Waals surface area contributed by atoms with Crippen molar-refractivity contribution >= 4 is 17.5 Å². The van der Waals surface area contributed by atoms with Gasteiger partial charge in [-0.15, -0.1) is 0 Å². The number of nitrogens with one attached hydrogen (secondary N) is 1. The molecule has 1 fully saturated rings. The fourth-order valence-corrected chi connectivity index (χ4v) is 4.81. The third kappa shape index (κ3) is 5.96. The van der Waals surface area contributed by atoms with Crippen LogP contribution < -0.4 is 5.32 Å². The summed E-state index contributed by atoms with van der Waals surface area (Å²) in [6.07, 6.45) is 4.08. The van der Waals surface area contributed by atoms with Crippen molar-refractivity contribution in [3.63, 3.8) is 0 Å². The van der Waals surface area contributed by atoms with Crippen molar-refractivity contribution in [2.45, 2.75) is 78.9 Å². The lowest BCUT2D eigenvalue weighted by atomic mass is 9.79. The Labute approximate surface area is 201 Å². The first-order chi connectivity index (χ1) is 15.5. The quantitative estimate of drug-likeness (QED) is 0.594. The van der Waals surface area contributed by atoms with Gasteiger partial charge >= 0.3 is 0 Å². The van der Waals surface area contributed by atoms with E-state index in [4.69, 9.17) is 11.6 Å². The van der Waals surface area contributed by atoms with E-state index in [0.29, 0.717) is 42.1 Å². The summed E-state index contributed by atoms with van der Waals surface area (Å²) in [5.74, 6) is 0.186. The second kappa shape index (κ2) is 9.87. The van der Waals surface area contributed by atoms with Crippen LogP contribution in [0.3, 0.4) is 0 Å². The van der Waals surface area contributed by atoms with Crippen LogP contribution in [-0.4, -0.2) is 32.9 Å². The number of aryl methyl sites for hydroxylation is 1. The minimum atomic E-state index is -0.887. The highest BCUT2D eigenvalue weighted by Crippen LogP contribution is 2.35. The minimum Gasteiger partial charge on any atom is -0.388 e. The third-order valence-corrected chi connectivity index (χ3v) is 6.74. The normalized spacial score (nSPS) is 21.0. The molecule has 2 N–H and O–H groups in total. The molecule has 33 heavy (non-hydrogen) atoms. The first-order valence-electron chi connectivity index (χ1n) is 11.8. The van der Waals surface area contributed by atoms with E-state index in [0.717, 1.165) is 24.8 Å². The Morgan fingerprint density at radius 3 is 2.61 bits per heavy atom. The fourth-order valence-electron chi connectivity index (χ4n) is 4.49. The van der Waals surface area contributed by atoms with Crippen LogP contribution in [0, 0.1) is 22.7 Å². The van der Waals surface area contributed by atoms with Gasteiger partial charge in [-0.1, -0.05) is 51.4 Å². The predicted molar refractivity (Wildman–Crippen MR) is 131 cm³/mol. The van der Waals surface area contributed by atoms with Gasteiger partial charge in [0, 0.05) is 18.7 Å². The highest BCUT2D eigenvalue weighted by molar-refractivity contribution is 6.36. The number of nitriles is 1. The SMILES string of the molecule is CCn1nc(C(=O)NCC2(O)CCC(C)CC2)c(Cl)c1-c1ccc(CC(C)(C)C)cc1C#N. The average Bonchev–Trinajstić information content (AvgIpc) is 3.09. The smallest absolute Gasteiger partial charge is 0.273 e. The summed E-state index contributed by atoms with van der Waals surface area (Å²) in [5.41, 5.74) is 2.14. The van der Waals surface area contributed by atoms with Crippen molar-refractivity contribution in [1.82, 2.24) is 15.1 Å². The summed E-state index contributed by atoms with van der Waals surface area (Å²) >= 11 is 6.67. The maximum absolute atomic E-state index is 12.9. The summed E-state index contributed by atoms with van der Waals surface area (Å²) in [6, 6.07) is 8.07. The zero-order chi connectivity index (χ0) is 24.4. The summed E-state index contributed by atoms with van der Waals surface area (Å²) in [7, 11) is 0. The molecule has 2 aromatic rings. The van der Waals surface area contributed by atoms with Crippen LogP contribution in [-0.2, 0) is 13.0 Å². The molecule has 1 aliphatic rings. The summed E-state index contributed by atoms with van der Waals surface area (Å²) in [4.78, 5) is 12.9. The topological polar surface area (TPSA) is 90.9 Å². The number of amides is 1. The van der Waals surface area contributed by atoms with Gasteiger partial charge in [-0.25, -0.2) is 0 Å². The Kier molecular flexibility index (Phi) is 7.55. The highest BCUT2D eigenvalue weighted by Gasteiger charge is 2.33. The molecule has 1 aromatic carbocycles. The molecular formula is C26H35ClN4O2. The van der Waals surface area contributed by atoms with Crippen LogP contribution in [0.2, 0.25) is 5.02 Å². The number of hydrogen-bond donors (Lipinski definition) is 2. The van der Waals surface area contributed by atoms with Gasteiger partial charge in [-0.3, -0.25) is 9.48 Å². The number of nitrogens with zero attached hydrogens (tertiary/aromatic N) is 3. The molecule has 1 saturated carbocycles. The van der Waals surface area contributed by atoms with Crippen molar-refractivity contribution < 1.29 is 9.90 Å². The largest absolute Gasteiger partial charge is 0.388 e. The number of rotatable bonds is 6. The van der Waals surface area contributed by atoms with E-state index in [1.165, 1.54) is 0 Å². The number of carbonyl (C=O) groups excluding carboxylic acids is 1. The number of aliphatic hydroxyl groups is 1. The number of carbonyl (C=O) groups is 1. The van der Waals surface area contributed by atoms with Crippen molar-refractivity contribution in [2.75, 3.05) is 6.54 Å². The molecule has 1 amide bonds. The Hall–Kier alpha value is -2.36. The monoisotopic (exact) mass is 470 g/mol. The number of hydrogen-bond acceptors (Lipinski definition) is 4. The van der Waals surface area contributed by atoms with Crippen molar-refractivity contribution in [3.8, 4) is 17.3 Å². The van der Waals surface area contributed by atoms with Crippen molar-refractivity contribution in [1.29, 1.82) is 5.26 Å². The molecule has 1 aliphatic carbocycles. The van der Waals surface area contributed by atoms with Gasteiger partial charge in [0.05, 0.1) is 28.0 Å². The molecule has 0 unspecified atom stereocenters. The molecule has 1 aromatic heterocycles. The Morgan fingerprint density at radius 2 is 2.03 bits per heavy atom. The van der Waals surface area contributed by atoms with Gasteiger partial charge in [0.2, 0.25) is 0 Å². The van der Waals surface area contributed by atoms with E-state index in [1.54, 1.807) is 4.68 Å². The minimum absolute atomic E-state index is 0.1000. The first kappa shape index (κ1) is 25.3. The van der Waals surface area contributed by atoms with E-state index in [-0.39, 0.29) is 22.7 Å². The highest BCUT2D eigenvalue weighted by atomic mass is 35.5. The van der Waals surface area contributed by atoms with Crippen LogP contribution in [0.1, 0.15) is 81.9 Å². The molecule has 0 radical (unpaired) electrons. The standard InChI is InChI=1S/C26H35ClN4O2/c1-6-31-23(20-8-7-18(13-19(20)15-28)14-25(3,4)5)21(27)22(30-31)24(32)29-16-26(33)11-9-17(2)10-12-26/h7-8,13,17,33H,6,9-12,14,16H2,1-5H3,(H,29,32). The molecular weight excluding hydrogens is 436 g/mol. The van der Waals surface area contributed by atoms with Gasteiger partial charge < -0.3 is 10.4 Å². The number of halogens is 1. The average molecular weight is 471 g/mol. The molecule has 0 saturated heterocycles. The van der Waals surface area contributed by atoms with E-state index < -0.39 is 11.5 Å². The van der Waals surface area contributed by atoms with Gasteiger partial charge in [-0.2, -0.15) is 10.4 Å². The van der Waals surface area contributed by atoms with Gasteiger partial charge in [0.15, 0.2) is 5.69 Å². The molecule has 1 heterocycles. The van der Waals surface area contributed by atoms with Crippen LogP contribution in [0.15, 0.2) is 18.2 Å². The molecule has 0 bridgehead atoms. The van der Waals surface area contributed by atoms with Crippen molar-refractivity contribution in [3.05, 3.63) is 40.0 Å². The molecule has 0 atom stereocenters. The fraction of sp³-hybridized carbons (Fsp3) is 0.577. The summed E-state index contributed by atoms with van der Waals surface area (Å²) in [5, 5.41) is 28.1. The van der Waals surface area contributed by atoms with E-state index in [9.17, 15) is 15.2 Å². The molecule has 6 nitrogen and oxygen atoms in total. The zero-order valence-electron chi connectivity index (χ0n) is 20.3. The van der Waals surface area contributed by atoms with Gasteiger partial charge in [-0.05, 0) is 62.0 Å². The lowest BCUT2D eigenvalue weighted by molar-refractivity contribution is -0.00544. The molecule has 3 rings (SSSR count). The molecule has 0 aliphatic heterocycles. The third-order valence-electron chi connectivity index (χ3n) is 6.39. The van der Waals surface area contributed by atoms with Gasteiger partial charge in [0.1, 0.15) is 0 Å². The second-order valence-corrected chi connectivity index (χ2v) is 11.0. The lowest BCUT2D eigenvalue weighted by Crippen LogP contribution is -2.45. The first-order valence-corrected chi connectivity index (χ1v) is 12.1. The number of benzene rings is 1. The Morgan fingerprint density at radius 1 is 1.36 bits per heavy atom. The lowest BCUT2D eigenvalue weighted by Gasteiger charge is -2.34. The van der Waals surface area contributed by atoms with Gasteiger partial charge in [0.25, 0.3) is 5.91 Å². The maximum Gasteiger partial charge on any atom is 0.273 e. The van der Waals surface area contributed by atoms with Crippen LogP contribution >= 0.6 is 11.6 Å². The Bertz CT molecular complexity index is 1050. The maximum atomic E-state index is 12.9. The summed E-state index contributed by atoms with van der Waals surface area (Å²) in [6.45, 7) is 11.2. The Balaban J connectivity index is 1.87. The predicted octanol–water partition coefficient (Wildman–Crippen LogP) is 5.35. The number of aromatic nitrogens is 2. The van der Waals surface area contributed by atoms with E-state index in [2.05, 4.69) is 44.2 Å². The van der Waals surface area contributed by atoms with Crippen LogP contribution in [0.5, 0.6) is 0 Å². The zero-order valence-corrected chi connectivity index (χ0v) is 21.1. The molecule has 7 heteroatoms. The van der Waals surface area contributed by atoms with Crippen LogP contribution in [0.4, 0.5) is 0 Å².